The molecule has 3 aromatic rings. The van der Waals surface area contributed by atoms with Crippen LogP contribution in [-0.4, -0.2) is 50.8 Å². The Morgan fingerprint density at radius 2 is 1.97 bits per heavy atom. The van der Waals surface area contributed by atoms with Crippen molar-refractivity contribution in [1.82, 2.24) is 24.6 Å². The van der Waals surface area contributed by atoms with Crippen LogP contribution in [0.5, 0.6) is 5.75 Å². The van der Waals surface area contributed by atoms with Gasteiger partial charge in [0.05, 0.1) is 25.2 Å². The Hall–Kier alpha value is -3.83. The summed E-state index contributed by atoms with van der Waals surface area (Å²) in [6, 6.07) is 2.28. The van der Waals surface area contributed by atoms with E-state index in [2.05, 4.69) is 25.7 Å². The lowest BCUT2D eigenvalue weighted by atomic mass is 10.2. The number of hydrogen-bond acceptors (Lipinski definition) is 7. The number of aromatic nitrogens is 4. The van der Waals surface area contributed by atoms with E-state index in [9.17, 15) is 18.0 Å². The predicted octanol–water partition coefficient (Wildman–Crippen LogP) is 3.32. The van der Waals surface area contributed by atoms with Gasteiger partial charge >= 0.3 is 0 Å². The molecule has 2 N–H and O–H groups in total. The Kier molecular flexibility index (Phi) is 7.36. The zero-order valence-electron chi connectivity index (χ0n) is 18.6. The third-order valence-electron chi connectivity index (χ3n) is 4.90. The van der Waals surface area contributed by atoms with Gasteiger partial charge in [-0.2, -0.15) is 10.1 Å². The highest BCUT2D eigenvalue weighted by molar-refractivity contribution is 5.76. The van der Waals surface area contributed by atoms with Crippen LogP contribution in [0.1, 0.15) is 19.4 Å². The zero-order valence-corrected chi connectivity index (χ0v) is 18.6. The van der Waals surface area contributed by atoms with Crippen molar-refractivity contribution < 1.29 is 22.7 Å². The molecule has 1 amide bonds. The number of ether oxygens (including phenoxy) is 1. The van der Waals surface area contributed by atoms with E-state index in [4.69, 9.17) is 4.74 Å². The van der Waals surface area contributed by atoms with Gasteiger partial charge in [-0.15, -0.1) is 0 Å². The van der Waals surface area contributed by atoms with Crippen LogP contribution >= 0.6 is 0 Å². The summed E-state index contributed by atoms with van der Waals surface area (Å²) in [4.78, 5) is 21.7. The minimum Gasteiger partial charge on any atom is -0.494 e. The van der Waals surface area contributed by atoms with Crippen molar-refractivity contribution in [3.63, 3.8) is 0 Å². The number of nitrogens with zero attached hydrogens (tertiary/aromatic N) is 5. The number of hydrogen-bond donors (Lipinski definition) is 2. The lowest BCUT2D eigenvalue weighted by Crippen LogP contribution is -2.35. The van der Waals surface area contributed by atoms with Crippen molar-refractivity contribution in [3.8, 4) is 5.75 Å². The summed E-state index contributed by atoms with van der Waals surface area (Å²) in [6.45, 7) is 3.49. The molecule has 0 radical (unpaired) electrons. The van der Waals surface area contributed by atoms with Crippen molar-refractivity contribution >= 4 is 23.4 Å². The third-order valence-corrected chi connectivity index (χ3v) is 4.90. The fraction of sp³-hybridized carbons (Fsp3) is 0.333. The largest absolute Gasteiger partial charge is 0.494 e. The first-order chi connectivity index (χ1) is 15.7. The van der Waals surface area contributed by atoms with E-state index in [1.54, 1.807) is 18.1 Å². The van der Waals surface area contributed by atoms with Crippen LogP contribution in [0.3, 0.4) is 0 Å². The molecule has 0 atom stereocenters. The van der Waals surface area contributed by atoms with Crippen molar-refractivity contribution in [2.24, 2.45) is 0 Å². The number of carbonyl (C=O) groups is 1. The van der Waals surface area contributed by atoms with Crippen LogP contribution in [-0.2, 0) is 17.9 Å². The molecule has 0 aliphatic carbocycles. The van der Waals surface area contributed by atoms with E-state index >= 15 is 0 Å². The van der Waals surface area contributed by atoms with Crippen molar-refractivity contribution in [3.05, 3.63) is 53.7 Å². The Bertz CT molecular complexity index is 1140. The number of benzene rings is 1. The van der Waals surface area contributed by atoms with Gasteiger partial charge in [0.2, 0.25) is 11.9 Å². The summed E-state index contributed by atoms with van der Waals surface area (Å²) < 4.78 is 48.8. The molecule has 1 aromatic carbocycles. The van der Waals surface area contributed by atoms with Gasteiger partial charge in [-0.3, -0.25) is 9.48 Å². The topological polar surface area (TPSA) is 97.2 Å². The molecular weight excluding hydrogens is 439 g/mol. The summed E-state index contributed by atoms with van der Waals surface area (Å²) in [7, 11) is 2.97. The number of carbonyl (C=O) groups excluding carboxylic acids is 1. The fourth-order valence-electron chi connectivity index (χ4n) is 2.80. The molecule has 2 heterocycles. The van der Waals surface area contributed by atoms with Gasteiger partial charge in [0.1, 0.15) is 12.4 Å². The SMILES string of the molecule is COc1ccc(F)c(CNc2nc(Nc3cnn(CC(=O)N(C)C(C)C)c3)ncc2F)c1F. The lowest BCUT2D eigenvalue weighted by molar-refractivity contribution is -0.132. The fourth-order valence-corrected chi connectivity index (χ4v) is 2.80. The number of likely N-dealkylation sites (N-methyl/N-ethyl adjacent to an activating group) is 1. The number of halogens is 3. The molecule has 0 saturated heterocycles. The molecule has 0 bridgehead atoms. The van der Waals surface area contributed by atoms with E-state index < -0.39 is 17.5 Å². The maximum absolute atomic E-state index is 14.3. The van der Waals surface area contributed by atoms with E-state index in [1.165, 1.54) is 18.0 Å². The van der Waals surface area contributed by atoms with Crippen molar-refractivity contribution in [2.45, 2.75) is 33.0 Å². The minimum absolute atomic E-state index is 0.0238. The number of anilines is 3. The van der Waals surface area contributed by atoms with Crippen LogP contribution in [0.15, 0.2) is 30.7 Å². The molecule has 0 aliphatic heterocycles. The molecule has 0 saturated carbocycles. The molecule has 2 aromatic heterocycles. The second kappa shape index (κ2) is 10.2. The minimum atomic E-state index is -0.886. The van der Waals surface area contributed by atoms with E-state index in [-0.39, 0.29) is 48.1 Å². The molecular formula is C21H24F3N7O2. The van der Waals surface area contributed by atoms with E-state index in [0.717, 1.165) is 18.3 Å². The van der Waals surface area contributed by atoms with Gasteiger partial charge in [-0.25, -0.2) is 18.2 Å². The summed E-state index contributed by atoms with van der Waals surface area (Å²) in [6.07, 6.45) is 3.96. The average Bonchev–Trinajstić information content (AvgIpc) is 3.21. The normalized spacial score (nSPS) is 10.9. The monoisotopic (exact) mass is 463 g/mol. The molecule has 0 spiro atoms. The maximum atomic E-state index is 14.3. The van der Waals surface area contributed by atoms with Gasteiger partial charge in [0.15, 0.2) is 23.2 Å². The van der Waals surface area contributed by atoms with Crippen LogP contribution in [0, 0.1) is 17.5 Å². The molecule has 0 unspecified atom stereocenters. The van der Waals surface area contributed by atoms with E-state index in [1.807, 2.05) is 13.8 Å². The first kappa shape index (κ1) is 23.8. The van der Waals surface area contributed by atoms with Crippen LogP contribution in [0.4, 0.5) is 30.6 Å². The molecule has 9 nitrogen and oxygen atoms in total. The maximum Gasteiger partial charge on any atom is 0.244 e. The number of rotatable bonds is 9. The molecule has 12 heteroatoms. The van der Waals surface area contributed by atoms with E-state index in [0.29, 0.717) is 5.69 Å². The quantitative estimate of drug-likeness (QED) is 0.503. The summed E-state index contributed by atoms with van der Waals surface area (Å²) in [5, 5.41) is 9.53. The van der Waals surface area contributed by atoms with Gasteiger partial charge in [0, 0.05) is 31.4 Å². The Labute approximate surface area is 188 Å². The number of nitrogens with one attached hydrogen (secondary N) is 2. The highest BCUT2D eigenvalue weighted by atomic mass is 19.1. The summed E-state index contributed by atoms with van der Waals surface area (Å²) >= 11 is 0. The zero-order chi connectivity index (χ0) is 24.1. The smallest absolute Gasteiger partial charge is 0.244 e. The Morgan fingerprint density at radius 1 is 1.21 bits per heavy atom. The molecule has 0 aliphatic rings. The lowest BCUT2D eigenvalue weighted by Gasteiger charge is -2.21. The van der Waals surface area contributed by atoms with Crippen LogP contribution in [0.25, 0.3) is 0 Å². The van der Waals surface area contributed by atoms with Gasteiger partial charge in [-0.1, -0.05) is 0 Å². The number of methoxy groups -OCH3 is 1. The van der Waals surface area contributed by atoms with Crippen molar-refractivity contribution in [2.75, 3.05) is 24.8 Å². The average molecular weight is 463 g/mol. The van der Waals surface area contributed by atoms with Gasteiger partial charge in [-0.05, 0) is 26.0 Å². The van der Waals surface area contributed by atoms with Crippen LogP contribution in [0.2, 0.25) is 0 Å². The molecule has 176 valence electrons. The highest BCUT2D eigenvalue weighted by Gasteiger charge is 2.16. The second-order valence-corrected chi connectivity index (χ2v) is 7.44. The first-order valence-corrected chi connectivity index (χ1v) is 10.0. The van der Waals surface area contributed by atoms with Crippen molar-refractivity contribution in [1.29, 1.82) is 0 Å². The first-order valence-electron chi connectivity index (χ1n) is 10.0. The predicted molar refractivity (Wildman–Crippen MR) is 116 cm³/mol. The molecule has 3 rings (SSSR count). The second-order valence-electron chi connectivity index (χ2n) is 7.44. The van der Waals surface area contributed by atoms with Gasteiger partial charge in [0.25, 0.3) is 0 Å². The van der Waals surface area contributed by atoms with Crippen LogP contribution < -0.4 is 15.4 Å². The number of amides is 1. The summed E-state index contributed by atoms with van der Waals surface area (Å²) in [5.41, 5.74) is 0.150. The molecule has 0 fully saturated rings. The van der Waals surface area contributed by atoms with Gasteiger partial charge < -0.3 is 20.3 Å². The molecule has 33 heavy (non-hydrogen) atoms. The third kappa shape index (κ3) is 5.70. The Morgan fingerprint density at radius 3 is 2.67 bits per heavy atom. The Balaban J connectivity index is 1.69. The standard InChI is InChI=1S/C21H24F3N7O2/c1-12(2)30(3)18(32)11-31-10-13(7-27-31)28-21-26-9-16(23)20(29-21)25-8-14-15(22)5-6-17(33-4)19(14)24/h5-7,9-10,12H,8,11H2,1-4H3,(H2,25,26,28,29). The highest BCUT2D eigenvalue weighted by Crippen LogP contribution is 2.24. The summed E-state index contributed by atoms with van der Waals surface area (Å²) in [5.74, 6) is -2.97.